The van der Waals surface area contributed by atoms with Gasteiger partial charge >= 0.3 is 5.97 Å². The van der Waals surface area contributed by atoms with E-state index in [1.165, 1.54) is 6.92 Å². The first-order valence-electron chi connectivity index (χ1n) is 13.4. The highest BCUT2D eigenvalue weighted by atomic mass is 16.4. The van der Waals surface area contributed by atoms with Gasteiger partial charge < -0.3 is 37.5 Å². The van der Waals surface area contributed by atoms with Gasteiger partial charge in [-0.2, -0.15) is 0 Å². The van der Waals surface area contributed by atoms with Crippen LogP contribution in [0.4, 0.5) is 0 Å². The number of rotatable bonds is 15. The molecule has 0 radical (unpaired) electrons. The zero-order chi connectivity index (χ0) is 29.1. The van der Waals surface area contributed by atoms with Crippen LogP contribution in [0.15, 0.2) is 60.8 Å². The summed E-state index contributed by atoms with van der Waals surface area (Å²) < 4.78 is 0. The molecule has 0 saturated heterocycles. The van der Waals surface area contributed by atoms with Gasteiger partial charge in [0.25, 0.3) is 0 Å². The summed E-state index contributed by atoms with van der Waals surface area (Å²) in [5, 5.41) is 18.3. The second-order valence-electron chi connectivity index (χ2n) is 9.84. The third kappa shape index (κ3) is 8.65. The van der Waals surface area contributed by atoms with Crippen molar-refractivity contribution in [2.24, 2.45) is 11.5 Å². The van der Waals surface area contributed by atoms with Gasteiger partial charge in [0.1, 0.15) is 18.1 Å². The summed E-state index contributed by atoms with van der Waals surface area (Å²) in [5.41, 5.74) is 14.4. The molecule has 0 aliphatic heterocycles. The van der Waals surface area contributed by atoms with Crippen molar-refractivity contribution in [2.45, 2.75) is 63.2 Å². The number of para-hydroxylation sites is 1. The zero-order valence-electron chi connectivity index (χ0n) is 22.6. The van der Waals surface area contributed by atoms with E-state index in [4.69, 9.17) is 11.5 Å². The Morgan fingerprint density at radius 3 is 2.23 bits per heavy atom. The molecule has 0 fully saturated rings. The van der Waals surface area contributed by atoms with Gasteiger partial charge in [-0.25, -0.2) is 4.79 Å². The van der Waals surface area contributed by atoms with Gasteiger partial charge in [-0.05, 0) is 56.3 Å². The molecule has 3 amide bonds. The Kier molecular flexibility index (Phi) is 11.2. The van der Waals surface area contributed by atoms with Crippen LogP contribution in [0.1, 0.15) is 37.3 Å². The van der Waals surface area contributed by atoms with E-state index in [0.717, 1.165) is 22.0 Å². The molecule has 214 valence electrons. The Balaban J connectivity index is 1.60. The lowest BCUT2D eigenvalue weighted by Crippen LogP contribution is -2.56. The molecule has 3 rings (SSSR count). The Bertz CT molecular complexity index is 1290. The van der Waals surface area contributed by atoms with Crippen molar-refractivity contribution in [1.29, 1.82) is 0 Å². The maximum atomic E-state index is 13.1. The maximum absolute atomic E-state index is 13.1. The topological polar surface area (TPSA) is 192 Å². The summed E-state index contributed by atoms with van der Waals surface area (Å²) >= 11 is 0. The van der Waals surface area contributed by atoms with Crippen molar-refractivity contribution in [2.75, 3.05) is 6.54 Å². The fourth-order valence-electron chi connectivity index (χ4n) is 4.40. The van der Waals surface area contributed by atoms with Crippen molar-refractivity contribution >= 4 is 34.6 Å². The standard InChI is InChI=1S/C29H38N6O5/c1-18(26(36)35-25(29(39)40)15-19-9-3-2-4-10-19)33-28(38)24(13-7-8-14-30)34-27(37)22(31)16-20-17-32-23-12-6-5-11-21(20)23/h2-6,9-12,17-18,22,24-25,32H,7-8,13-16,30-31H2,1H3,(H,33,38)(H,34,37)(H,35,36)(H,39,40). The number of aromatic amines is 1. The minimum Gasteiger partial charge on any atom is -0.480 e. The monoisotopic (exact) mass is 550 g/mol. The first-order valence-corrected chi connectivity index (χ1v) is 13.4. The van der Waals surface area contributed by atoms with E-state index >= 15 is 0 Å². The number of carboxylic acid groups (broad SMARTS) is 1. The second kappa shape index (κ2) is 14.8. The predicted octanol–water partition coefficient (Wildman–Crippen LogP) is 0.968. The number of nitrogens with one attached hydrogen (secondary N) is 4. The summed E-state index contributed by atoms with van der Waals surface area (Å²) in [5.74, 6) is -2.90. The summed E-state index contributed by atoms with van der Waals surface area (Å²) in [4.78, 5) is 53.7. The van der Waals surface area contributed by atoms with Crippen LogP contribution in [0, 0.1) is 0 Å². The van der Waals surface area contributed by atoms with Crippen LogP contribution in [-0.4, -0.2) is 64.5 Å². The van der Waals surface area contributed by atoms with Crippen molar-refractivity contribution in [3.8, 4) is 0 Å². The van der Waals surface area contributed by atoms with Gasteiger partial charge in [-0.1, -0.05) is 48.5 Å². The van der Waals surface area contributed by atoms with E-state index in [0.29, 0.717) is 25.8 Å². The normalized spacial score (nSPS) is 14.1. The van der Waals surface area contributed by atoms with Crippen LogP contribution in [0.3, 0.4) is 0 Å². The Hall–Kier alpha value is -4.22. The minimum absolute atomic E-state index is 0.0919. The quantitative estimate of drug-likeness (QED) is 0.137. The van der Waals surface area contributed by atoms with Gasteiger partial charge in [-0.3, -0.25) is 14.4 Å². The number of nitrogens with two attached hydrogens (primary N) is 2. The van der Waals surface area contributed by atoms with E-state index in [1.807, 2.05) is 36.5 Å². The van der Waals surface area contributed by atoms with Gasteiger partial charge in [0.2, 0.25) is 17.7 Å². The molecule has 11 nitrogen and oxygen atoms in total. The number of aromatic nitrogens is 1. The summed E-state index contributed by atoms with van der Waals surface area (Å²) in [6.45, 7) is 1.88. The molecule has 0 aliphatic carbocycles. The number of unbranched alkanes of at least 4 members (excludes halogenated alkanes) is 1. The number of carboxylic acids is 1. The number of hydrogen-bond donors (Lipinski definition) is 7. The molecule has 9 N–H and O–H groups in total. The molecular weight excluding hydrogens is 512 g/mol. The van der Waals surface area contributed by atoms with Gasteiger partial charge in [0.05, 0.1) is 6.04 Å². The highest BCUT2D eigenvalue weighted by Gasteiger charge is 2.28. The average molecular weight is 551 g/mol. The number of hydrogen-bond acceptors (Lipinski definition) is 6. The van der Waals surface area contributed by atoms with Crippen molar-refractivity contribution in [3.05, 3.63) is 71.9 Å². The molecule has 0 aliphatic rings. The third-order valence-electron chi connectivity index (χ3n) is 6.68. The number of fused-ring (bicyclic) bond motifs is 1. The minimum atomic E-state index is -1.19. The fraction of sp³-hybridized carbons (Fsp3) is 0.379. The molecule has 1 heterocycles. The number of benzene rings is 2. The molecule has 0 bridgehead atoms. The maximum Gasteiger partial charge on any atom is 0.326 e. The van der Waals surface area contributed by atoms with Gasteiger partial charge in [-0.15, -0.1) is 0 Å². The van der Waals surface area contributed by atoms with Crippen LogP contribution in [0.2, 0.25) is 0 Å². The summed E-state index contributed by atoms with van der Waals surface area (Å²) in [7, 11) is 0. The molecule has 2 aromatic carbocycles. The number of aliphatic carboxylic acids is 1. The van der Waals surface area contributed by atoms with E-state index in [1.54, 1.807) is 24.3 Å². The second-order valence-corrected chi connectivity index (χ2v) is 9.84. The summed E-state index contributed by atoms with van der Waals surface area (Å²) in [6, 6.07) is 12.5. The number of amides is 3. The lowest BCUT2D eigenvalue weighted by atomic mass is 10.0. The first-order chi connectivity index (χ1) is 19.2. The smallest absolute Gasteiger partial charge is 0.326 e. The van der Waals surface area contributed by atoms with E-state index in [9.17, 15) is 24.3 Å². The highest BCUT2D eigenvalue weighted by Crippen LogP contribution is 2.19. The predicted molar refractivity (Wildman–Crippen MR) is 152 cm³/mol. The van der Waals surface area contributed by atoms with E-state index in [2.05, 4.69) is 20.9 Å². The molecule has 0 spiro atoms. The van der Waals surface area contributed by atoms with Crippen molar-refractivity contribution in [1.82, 2.24) is 20.9 Å². The van der Waals surface area contributed by atoms with Gasteiger partial charge in [0.15, 0.2) is 0 Å². The highest BCUT2D eigenvalue weighted by molar-refractivity contribution is 5.94. The Morgan fingerprint density at radius 2 is 1.52 bits per heavy atom. The number of carbonyl (C=O) groups excluding carboxylic acids is 3. The average Bonchev–Trinajstić information content (AvgIpc) is 3.35. The van der Waals surface area contributed by atoms with E-state index in [-0.39, 0.29) is 12.8 Å². The molecule has 1 aromatic heterocycles. The molecule has 4 unspecified atom stereocenters. The Morgan fingerprint density at radius 1 is 0.850 bits per heavy atom. The van der Waals surface area contributed by atoms with E-state index < -0.39 is 47.9 Å². The lowest BCUT2D eigenvalue weighted by Gasteiger charge is -2.23. The Labute approximate surface area is 233 Å². The zero-order valence-corrected chi connectivity index (χ0v) is 22.6. The fourth-order valence-corrected chi connectivity index (χ4v) is 4.40. The van der Waals surface area contributed by atoms with Crippen LogP contribution in [0.5, 0.6) is 0 Å². The molecule has 3 aromatic rings. The van der Waals surface area contributed by atoms with Crippen LogP contribution < -0.4 is 27.4 Å². The number of carbonyl (C=O) groups is 4. The first kappa shape index (κ1) is 30.3. The molecule has 40 heavy (non-hydrogen) atoms. The van der Waals surface area contributed by atoms with Gasteiger partial charge in [0, 0.05) is 23.5 Å². The third-order valence-corrected chi connectivity index (χ3v) is 6.68. The molecule has 0 saturated carbocycles. The van der Waals surface area contributed by atoms with Crippen LogP contribution in [-0.2, 0) is 32.0 Å². The van der Waals surface area contributed by atoms with Crippen LogP contribution in [0.25, 0.3) is 10.9 Å². The van der Waals surface area contributed by atoms with Crippen molar-refractivity contribution < 1.29 is 24.3 Å². The summed E-state index contributed by atoms with van der Waals surface area (Å²) in [6.07, 6.45) is 3.70. The van der Waals surface area contributed by atoms with Crippen LogP contribution >= 0.6 is 0 Å². The molecule has 11 heteroatoms. The largest absolute Gasteiger partial charge is 0.480 e. The number of H-pyrrole nitrogens is 1. The molecule has 4 atom stereocenters. The molecular formula is C29H38N6O5. The van der Waals surface area contributed by atoms with Crippen molar-refractivity contribution in [3.63, 3.8) is 0 Å². The SMILES string of the molecule is CC(NC(=O)C(CCCCN)NC(=O)C(N)Cc1c[nH]c2ccccc12)C(=O)NC(Cc1ccccc1)C(=O)O. The lowest BCUT2D eigenvalue weighted by molar-refractivity contribution is -0.142.